The van der Waals surface area contributed by atoms with Crippen molar-refractivity contribution >= 4 is 28.9 Å². The summed E-state index contributed by atoms with van der Waals surface area (Å²) in [7, 11) is 1.65. The zero-order valence-corrected chi connectivity index (χ0v) is 12.9. The Morgan fingerprint density at radius 1 is 1.44 bits per heavy atom. The standard InChI is InChI=1S/C14H13F2N7O2/c1-18-10-5-9(22-12-7(11(17)24)6-20-23(10)12)21-8-3-2-4-19-13(8)25-14(15)16/h2-6,14,18H,1H3,(H2,17,24)(H,21,22). The Labute approximate surface area is 139 Å². The smallest absolute Gasteiger partial charge is 0.388 e. The first kappa shape index (κ1) is 16.4. The summed E-state index contributed by atoms with van der Waals surface area (Å²) in [5.41, 5.74) is 5.82. The van der Waals surface area contributed by atoms with E-state index in [1.165, 1.54) is 23.0 Å². The summed E-state index contributed by atoms with van der Waals surface area (Å²) >= 11 is 0. The Bertz CT molecular complexity index is 929. The average Bonchev–Trinajstić information content (AvgIpc) is 2.99. The van der Waals surface area contributed by atoms with E-state index < -0.39 is 12.5 Å². The van der Waals surface area contributed by atoms with Gasteiger partial charge in [-0.2, -0.15) is 18.4 Å². The fraction of sp³-hybridized carbons (Fsp3) is 0.143. The van der Waals surface area contributed by atoms with Gasteiger partial charge in [0.15, 0.2) is 5.65 Å². The maximum atomic E-state index is 12.5. The van der Waals surface area contributed by atoms with Crippen LogP contribution in [0.3, 0.4) is 0 Å². The van der Waals surface area contributed by atoms with E-state index >= 15 is 0 Å². The number of halogens is 2. The van der Waals surface area contributed by atoms with Gasteiger partial charge in [-0.1, -0.05) is 0 Å². The normalized spacial score (nSPS) is 10.9. The first-order valence-electron chi connectivity index (χ1n) is 7.02. The SMILES string of the molecule is CNc1cc(Nc2cccnc2OC(F)F)nc2c(C(N)=O)cnn12. The topological polar surface area (TPSA) is 119 Å². The van der Waals surface area contributed by atoms with Crippen molar-refractivity contribution < 1.29 is 18.3 Å². The molecule has 0 aliphatic rings. The fourth-order valence-corrected chi connectivity index (χ4v) is 2.18. The van der Waals surface area contributed by atoms with Crippen molar-refractivity contribution in [2.45, 2.75) is 6.61 Å². The highest BCUT2D eigenvalue weighted by atomic mass is 19.3. The largest absolute Gasteiger partial charge is 0.415 e. The van der Waals surface area contributed by atoms with Gasteiger partial charge in [-0.25, -0.2) is 9.97 Å². The van der Waals surface area contributed by atoms with E-state index in [0.29, 0.717) is 5.82 Å². The van der Waals surface area contributed by atoms with Crippen LogP contribution in [0.2, 0.25) is 0 Å². The van der Waals surface area contributed by atoms with Crippen molar-refractivity contribution in [1.82, 2.24) is 19.6 Å². The van der Waals surface area contributed by atoms with Crippen molar-refractivity contribution in [3.05, 3.63) is 36.2 Å². The van der Waals surface area contributed by atoms with Gasteiger partial charge >= 0.3 is 6.61 Å². The van der Waals surface area contributed by atoms with E-state index in [-0.39, 0.29) is 28.6 Å². The van der Waals surface area contributed by atoms with Gasteiger partial charge in [-0.3, -0.25) is 4.79 Å². The molecule has 9 nitrogen and oxygen atoms in total. The van der Waals surface area contributed by atoms with Crippen molar-refractivity contribution in [1.29, 1.82) is 0 Å². The monoisotopic (exact) mass is 349 g/mol. The number of rotatable bonds is 6. The molecule has 1 amide bonds. The number of nitrogens with zero attached hydrogens (tertiary/aromatic N) is 4. The number of fused-ring (bicyclic) bond motifs is 1. The minimum Gasteiger partial charge on any atom is -0.415 e. The summed E-state index contributed by atoms with van der Waals surface area (Å²) in [6, 6.07) is 4.62. The molecule has 25 heavy (non-hydrogen) atoms. The molecule has 0 bridgehead atoms. The molecular formula is C14H13F2N7O2. The molecule has 11 heteroatoms. The zero-order valence-electron chi connectivity index (χ0n) is 12.9. The van der Waals surface area contributed by atoms with Crippen LogP contribution in [-0.2, 0) is 0 Å². The van der Waals surface area contributed by atoms with E-state index in [1.54, 1.807) is 19.2 Å². The van der Waals surface area contributed by atoms with E-state index in [9.17, 15) is 13.6 Å². The number of anilines is 3. The molecule has 0 aromatic carbocycles. The van der Waals surface area contributed by atoms with Crippen LogP contribution in [0.25, 0.3) is 5.65 Å². The molecule has 3 aromatic rings. The van der Waals surface area contributed by atoms with Crippen LogP contribution in [0.1, 0.15) is 10.4 Å². The van der Waals surface area contributed by atoms with E-state index in [0.717, 1.165) is 0 Å². The van der Waals surface area contributed by atoms with Crippen molar-refractivity contribution in [2.24, 2.45) is 5.73 Å². The summed E-state index contributed by atoms with van der Waals surface area (Å²) in [6.45, 7) is -3.02. The molecule has 4 N–H and O–H groups in total. The molecule has 0 fully saturated rings. The maximum Gasteiger partial charge on any atom is 0.388 e. The highest BCUT2D eigenvalue weighted by Gasteiger charge is 2.16. The van der Waals surface area contributed by atoms with Crippen LogP contribution < -0.4 is 21.1 Å². The Hall–Kier alpha value is -3.50. The molecule has 0 saturated carbocycles. The molecule has 3 rings (SSSR count). The minimum absolute atomic E-state index is 0.121. The lowest BCUT2D eigenvalue weighted by Crippen LogP contribution is -2.12. The van der Waals surface area contributed by atoms with Crippen LogP contribution in [0, 0.1) is 0 Å². The van der Waals surface area contributed by atoms with Crippen LogP contribution in [0.15, 0.2) is 30.6 Å². The molecule has 130 valence electrons. The van der Waals surface area contributed by atoms with Crippen molar-refractivity contribution in [3.8, 4) is 5.88 Å². The second-order valence-corrected chi connectivity index (χ2v) is 4.79. The maximum absolute atomic E-state index is 12.5. The van der Waals surface area contributed by atoms with Crippen molar-refractivity contribution in [3.63, 3.8) is 0 Å². The van der Waals surface area contributed by atoms with E-state index in [2.05, 4.69) is 30.4 Å². The lowest BCUT2D eigenvalue weighted by Gasteiger charge is -2.12. The van der Waals surface area contributed by atoms with Gasteiger partial charge in [0.1, 0.15) is 22.9 Å². The lowest BCUT2D eigenvalue weighted by molar-refractivity contribution is -0.0523. The second-order valence-electron chi connectivity index (χ2n) is 4.79. The third kappa shape index (κ3) is 3.24. The van der Waals surface area contributed by atoms with Crippen LogP contribution in [0.4, 0.5) is 26.1 Å². The van der Waals surface area contributed by atoms with Crippen molar-refractivity contribution in [2.75, 3.05) is 17.7 Å². The summed E-state index contributed by atoms with van der Waals surface area (Å²) in [4.78, 5) is 19.5. The quantitative estimate of drug-likeness (QED) is 0.618. The number of aromatic nitrogens is 4. The van der Waals surface area contributed by atoms with E-state index in [1.807, 2.05) is 0 Å². The number of alkyl halides is 2. The van der Waals surface area contributed by atoms with E-state index in [4.69, 9.17) is 5.73 Å². The number of hydrogen-bond acceptors (Lipinski definition) is 7. The zero-order chi connectivity index (χ0) is 18.0. The summed E-state index contributed by atoms with van der Waals surface area (Å²) in [5.74, 6) is -0.217. The number of ether oxygens (including phenoxy) is 1. The molecule has 3 aromatic heterocycles. The molecule has 0 saturated heterocycles. The van der Waals surface area contributed by atoms with Gasteiger partial charge < -0.3 is 21.1 Å². The number of carbonyl (C=O) groups is 1. The first-order valence-corrected chi connectivity index (χ1v) is 7.02. The number of nitrogens with one attached hydrogen (secondary N) is 2. The number of hydrogen-bond donors (Lipinski definition) is 3. The molecule has 0 aliphatic heterocycles. The molecule has 0 spiro atoms. The molecule has 0 radical (unpaired) electrons. The fourth-order valence-electron chi connectivity index (χ4n) is 2.18. The van der Waals surface area contributed by atoms with Crippen LogP contribution >= 0.6 is 0 Å². The second kappa shape index (κ2) is 6.55. The summed E-state index contributed by atoms with van der Waals surface area (Å²) < 4.78 is 30.7. The van der Waals surface area contributed by atoms with Crippen LogP contribution in [-0.4, -0.2) is 39.1 Å². The molecule has 3 heterocycles. The number of pyridine rings is 1. The van der Waals surface area contributed by atoms with Crippen LogP contribution in [0.5, 0.6) is 5.88 Å². The number of carbonyl (C=O) groups excluding carboxylic acids is 1. The Morgan fingerprint density at radius 3 is 2.92 bits per heavy atom. The Kier molecular flexibility index (Phi) is 4.29. The third-order valence-corrected chi connectivity index (χ3v) is 3.23. The predicted octanol–water partition coefficient (Wildman–Crippen LogP) is 1.61. The highest BCUT2D eigenvalue weighted by molar-refractivity contribution is 5.99. The summed E-state index contributed by atoms with van der Waals surface area (Å²) in [6.07, 6.45) is 2.62. The average molecular weight is 349 g/mol. The number of nitrogens with two attached hydrogens (primary N) is 1. The third-order valence-electron chi connectivity index (χ3n) is 3.23. The minimum atomic E-state index is -3.02. The predicted molar refractivity (Wildman–Crippen MR) is 85.2 cm³/mol. The number of primary amides is 1. The van der Waals surface area contributed by atoms with Gasteiger partial charge in [0, 0.05) is 19.3 Å². The molecule has 0 atom stereocenters. The Balaban J connectivity index is 2.05. The highest BCUT2D eigenvalue weighted by Crippen LogP contribution is 2.27. The van der Waals surface area contributed by atoms with Gasteiger partial charge in [0.05, 0.1) is 6.20 Å². The van der Waals surface area contributed by atoms with Gasteiger partial charge in [-0.15, -0.1) is 0 Å². The van der Waals surface area contributed by atoms with Gasteiger partial charge in [-0.05, 0) is 12.1 Å². The summed E-state index contributed by atoms with van der Waals surface area (Å²) in [5, 5.41) is 9.77. The molecule has 0 unspecified atom stereocenters. The lowest BCUT2D eigenvalue weighted by atomic mass is 10.3. The molecular weight excluding hydrogens is 336 g/mol. The molecule has 0 aliphatic carbocycles. The van der Waals surface area contributed by atoms with Gasteiger partial charge in [0.2, 0.25) is 5.88 Å². The first-order chi connectivity index (χ1) is 12.0. The Morgan fingerprint density at radius 2 is 2.24 bits per heavy atom. The van der Waals surface area contributed by atoms with Gasteiger partial charge in [0.25, 0.3) is 5.91 Å². The number of amides is 1.